The predicted molar refractivity (Wildman–Crippen MR) is 209 cm³/mol. The summed E-state index contributed by atoms with van der Waals surface area (Å²) in [5, 5.41) is 0. The first-order valence-corrected chi connectivity index (χ1v) is 22.1. The first kappa shape index (κ1) is 53.8. The maximum absolute atomic E-state index is 12.6. The summed E-state index contributed by atoms with van der Waals surface area (Å²) in [7, 11) is 2.65. The van der Waals surface area contributed by atoms with Gasteiger partial charge in [0, 0.05) is 13.5 Å². The van der Waals surface area contributed by atoms with Crippen molar-refractivity contribution in [2.45, 2.75) is 116 Å². The Hall–Kier alpha value is -1.23. The fourth-order valence-corrected chi connectivity index (χ4v) is 5.77. The van der Waals surface area contributed by atoms with Crippen LogP contribution in [0.1, 0.15) is 110 Å². The Balaban J connectivity index is 4.28. The molecule has 0 bridgehead atoms. The molecule has 0 aliphatic carbocycles. The van der Waals surface area contributed by atoms with Crippen molar-refractivity contribution in [2.24, 2.45) is 0 Å². The summed E-state index contributed by atoms with van der Waals surface area (Å²) in [4.78, 5) is 37.2. The zero-order chi connectivity index (χ0) is 40.7. The lowest BCUT2D eigenvalue weighted by Gasteiger charge is -2.28. The number of phosphoric ester groups is 1. The Bertz CT molecular complexity index is 924. The number of phosphoric acid groups is 1. The summed E-state index contributed by atoms with van der Waals surface area (Å²) in [5.41, 5.74) is 0. The van der Waals surface area contributed by atoms with Crippen LogP contribution in [-0.4, -0.2) is 150 Å². The molecule has 0 saturated heterocycles. The van der Waals surface area contributed by atoms with Gasteiger partial charge in [0.05, 0.1) is 93.8 Å². The van der Waals surface area contributed by atoms with Crippen molar-refractivity contribution in [3.63, 3.8) is 0 Å². The number of carbonyl (C=O) groups is 2. The van der Waals surface area contributed by atoms with E-state index in [4.69, 9.17) is 46.9 Å². The molecule has 0 radical (unpaired) electrons. The molecular weight excluding hydrogens is 737 g/mol. The molecule has 15 nitrogen and oxygen atoms in total. The molecule has 2 atom stereocenters. The molecule has 0 aliphatic rings. The summed E-state index contributed by atoms with van der Waals surface area (Å²) in [6, 6.07) is 0. The molecule has 0 fully saturated rings. The molecule has 0 rings (SSSR count). The van der Waals surface area contributed by atoms with Crippen LogP contribution in [0.25, 0.3) is 0 Å². The third-order valence-electron chi connectivity index (χ3n) is 8.28. The van der Waals surface area contributed by atoms with Gasteiger partial charge in [-0.2, -0.15) is 0 Å². The number of unbranched alkanes of at least 4 members (excludes halogenated alkanes) is 14. The molecular formula is C39H78NO14P. The predicted octanol–water partition coefficient (Wildman–Crippen LogP) is 5.64. The van der Waals surface area contributed by atoms with Crippen molar-refractivity contribution < 1.29 is 70.5 Å². The van der Waals surface area contributed by atoms with E-state index in [1.54, 1.807) is 7.11 Å². The van der Waals surface area contributed by atoms with E-state index >= 15 is 0 Å². The van der Waals surface area contributed by atoms with Crippen LogP contribution >= 0.6 is 7.82 Å². The minimum absolute atomic E-state index is 0.0710. The van der Waals surface area contributed by atoms with Gasteiger partial charge in [0.1, 0.15) is 26.4 Å². The number of methoxy groups -OCH3 is 1. The molecule has 0 spiro atoms. The molecule has 0 heterocycles. The molecule has 0 saturated carbocycles. The molecule has 0 amide bonds. The molecule has 16 heteroatoms. The minimum atomic E-state index is -4.68. The maximum atomic E-state index is 12.6. The summed E-state index contributed by atoms with van der Waals surface area (Å²) in [5.74, 6) is -1.22. The average molecular weight is 816 g/mol. The Kier molecular flexibility index (Phi) is 37.4. The molecule has 328 valence electrons. The van der Waals surface area contributed by atoms with Crippen molar-refractivity contribution >= 4 is 19.8 Å². The van der Waals surface area contributed by atoms with E-state index in [9.17, 15) is 19.0 Å². The minimum Gasteiger partial charge on any atom is -0.756 e. The highest BCUT2D eigenvalue weighted by Crippen LogP contribution is 2.38. The molecule has 0 aromatic carbocycles. The van der Waals surface area contributed by atoms with Gasteiger partial charge in [-0.05, 0) is 6.42 Å². The van der Waals surface area contributed by atoms with Crippen LogP contribution in [0.2, 0.25) is 0 Å². The average Bonchev–Trinajstić information content (AvgIpc) is 3.13. The van der Waals surface area contributed by atoms with Crippen molar-refractivity contribution in [2.75, 3.05) is 127 Å². The quantitative estimate of drug-likeness (QED) is 0.0321. The van der Waals surface area contributed by atoms with Crippen LogP contribution in [-0.2, 0) is 61.1 Å². The number of quaternary nitrogens is 1. The number of esters is 2. The molecule has 2 unspecified atom stereocenters. The number of ether oxygens (including phenoxy) is 8. The second kappa shape index (κ2) is 38.3. The van der Waals surface area contributed by atoms with Crippen LogP contribution in [0.4, 0.5) is 0 Å². The second-order valence-electron chi connectivity index (χ2n) is 14.6. The lowest BCUT2D eigenvalue weighted by Crippen LogP contribution is -2.37. The summed E-state index contributed by atoms with van der Waals surface area (Å²) < 4.78 is 65.2. The Morgan fingerprint density at radius 1 is 0.564 bits per heavy atom. The number of hydrogen-bond acceptors (Lipinski definition) is 14. The summed E-state index contributed by atoms with van der Waals surface area (Å²) in [6.45, 7) is 5.38. The van der Waals surface area contributed by atoms with Gasteiger partial charge in [0.25, 0.3) is 7.82 Å². The Morgan fingerprint density at radius 2 is 1.00 bits per heavy atom. The highest BCUT2D eigenvalue weighted by Gasteiger charge is 2.22. The van der Waals surface area contributed by atoms with Crippen LogP contribution in [0.15, 0.2) is 0 Å². The summed E-state index contributed by atoms with van der Waals surface area (Å²) >= 11 is 0. The van der Waals surface area contributed by atoms with Gasteiger partial charge < -0.3 is 56.3 Å². The fourth-order valence-electron chi connectivity index (χ4n) is 5.04. The van der Waals surface area contributed by atoms with E-state index < -0.39 is 39.1 Å². The third-order valence-corrected chi connectivity index (χ3v) is 9.25. The van der Waals surface area contributed by atoms with E-state index in [2.05, 4.69) is 6.92 Å². The van der Waals surface area contributed by atoms with Gasteiger partial charge in [0.15, 0.2) is 6.10 Å². The van der Waals surface area contributed by atoms with Crippen LogP contribution in [0.5, 0.6) is 0 Å². The van der Waals surface area contributed by atoms with E-state index in [0.717, 1.165) is 19.3 Å². The number of carbonyl (C=O) groups excluding carboxylic acids is 2. The van der Waals surface area contributed by atoms with Gasteiger partial charge in [-0.1, -0.05) is 96.8 Å². The molecule has 55 heavy (non-hydrogen) atoms. The van der Waals surface area contributed by atoms with Crippen molar-refractivity contribution in [1.82, 2.24) is 0 Å². The van der Waals surface area contributed by atoms with Crippen molar-refractivity contribution in [1.29, 1.82) is 0 Å². The fraction of sp³-hybridized carbons (Fsp3) is 0.949. The van der Waals surface area contributed by atoms with Crippen molar-refractivity contribution in [3.05, 3.63) is 0 Å². The van der Waals surface area contributed by atoms with Gasteiger partial charge in [0.2, 0.25) is 0 Å². The van der Waals surface area contributed by atoms with E-state index in [1.807, 2.05) is 21.1 Å². The number of rotatable bonds is 43. The highest BCUT2D eigenvalue weighted by atomic mass is 31.2. The van der Waals surface area contributed by atoms with Crippen molar-refractivity contribution in [3.8, 4) is 0 Å². The van der Waals surface area contributed by atoms with Crippen LogP contribution < -0.4 is 4.89 Å². The summed E-state index contributed by atoms with van der Waals surface area (Å²) in [6.07, 6.45) is 17.3. The maximum Gasteiger partial charge on any atom is 0.332 e. The van der Waals surface area contributed by atoms with Gasteiger partial charge in [-0.25, -0.2) is 4.79 Å². The Morgan fingerprint density at radius 3 is 1.45 bits per heavy atom. The number of likely N-dealkylation sites (N-methyl/N-ethyl adjacent to an activating group) is 1. The Labute approximate surface area is 332 Å². The molecule has 0 aliphatic heterocycles. The van der Waals surface area contributed by atoms with Gasteiger partial charge in [-0.3, -0.25) is 9.36 Å². The topological polar surface area (TPSA) is 167 Å². The zero-order valence-corrected chi connectivity index (χ0v) is 36.0. The van der Waals surface area contributed by atoms with Gasteiger partial charge in [-0.15, -0.1) is 0 Å². The van der Waals surface area contributed by atoms with E-state index in [0.29, 0.717) is 70.3 Å². The highest BCUT2D eigenvalue weighted by molar-refractivity contribution is 7.45. The zero-order valence-electron chi connectivity index (χ0n) is 35.1. The smallest absolute Gasteiger partial charge is 0.332 e. The third kappa shape index (κ3) is 42.2. The normalized spacial score (nSPS) is 13.5. The van der Waals surface area contributed by atoms with Crippen LogP contribution in [0.3, 0.4) is 0 Å². The van der Waals surface area contributed by atoms with E-state index in [-0.39, 0.29) is 32.8 Å². The first-order chi connectivity index (χ1) is 26.5. The van der Waals surface area contributed by atoms with Gasteiger partial charge >= 0.3 is 11.9 Å². The largest absolute Gasteiger partial charge is 0.756 e. The number of hydrogen-bond donors (Lipinski definition) is 0. The first-order valence-electron chi connectivity index (χ1n) is 20.6. The van der Waals surface area contributed by atoms with E-state index in [1.165, 1.54) is 70.6 Å². The molecule has 0 aromatic rings. The molecule has 0 N–H and O–H groups in total. The lowest BCUT2D eigenvalue weighted by molar-refractivity contribution is -0.870. The standard InChI is InChI=1S/C39H78NO14P/c1-6-7-8-9-10-11-12-13-14-15-16-17-18-19-20-21-38(41)54-37(35-53-55(43,44)52-23-22-40(2,3)4)34-51-39(42)36-50-33-32-49-31-30-48-29-28-47-27-26-46-25-24-45-5/h37H,6-36H2,1-5H3. The SMILES string of the molecule is CCCCCCCCCCCCCCCCCC(=O)OC(COC(=O)COCCOCCOCCOCCOCCOC)COP(=O)([O-])OCC[N+](C)(C)C. The van der Waals surface area contributed by atoms with Crippen LogP contribution in [0, 0.1) is 0 Å². The molecule has 0 aromatic heterocycles. The monoisotopic (exact) mass is 816 g/mol. The second-order valence-corrected chi connectivity index (χ2v) is 16.0. The lowest BCUT2D eigenvalue weighted by atomic mass is 10.0. The number of nitrogens with zero attached hydrogens (tertiary/aromatic N) is 1.